The van der Waals surface area contributed by atoms with E-state index in [0.717, 1.165) is 6.42 Å². The van der Waals surface area contributed by atoms with Gasteiger partial charge in [-0.1, -0.05) is 36.4 Å². The van der Waals surface area contributed by atoms with Crippen molar-refractivity contribution in [1.82, 2.24) is 4.90 Å². The maximum absolute atomic E-state index is 13.4. The standard InChI is InChI=1S/C25H24N2O5/c1-32-17-6-4-5-14(12-17)19(13-21(29)26-18-7-2-3-8-20(18)28)27-24(30)22-15-9-10-16(11-15)23(22)25(27)31/h2-10,12,15-16,19,22-23,28H,11,13H2,1H3,(H,26,29). The van der Waals surface area contributed by atoms with Crippen molar-refractivity contribution in [1.29, 1.82) is 0 Å². The first-order valence-corrected chi connectivity index (χ1v) is 10.7. The minimum atomic E-state index is -0.763. The second-order valence-electron chi connectivity index (χ2n) is 8.61. The lowest BCUT2D eigenvalue weighted by Gasteiger charge is -2.28. The minimum absolute atomic E-state index is 0.0516. The Morgan fingerprint density at radius 1 is 1.09 bits per heavy atom. The normalized spacial score (nSPS) is 26.3. The van der Waals surface area contributed by atoms with Gasteiger partial charge < -0.3 is 15.2 Å². The second-order valence-corrected chi connectivity index (χ2v) is 8.61. The van der Waals surface area contributed by atoms with Crippen molar-refractivity contribution in [3.63, 3.8) is 0 Å². The number of rotatable bonds is 6. The van der Waals surface area contributed by atoms with Crippen LogP contribution < -0.4 is 10.1 Å². The molecule has 5 unspecified atom stereocenters. The van der Waals surface area contributed by atoms with Crippen LogP contribution in [0, 0.1) is 23.7 Å². The first-order chi connectivity index (χ1) is 15.5. The van der Waals surface area contributed by atoms with E-state index in [1.807, 2.05) is 12.2 Å². The molecular formula is C25H24N2O5. The van der Waals surface area contributed by atoms with Crippen molar-refractivity contribution >= 4 is 23.4 Å². The molecule has 1 saturated heterocycles. The molecule has 0 spiro atoms. The molecule has 2 bridgehead atoms. The number of likely N-dealkylation sites (tertiary alicyclic amines) is 1. The summed E-state index contributed by atoms with van der Waals surface area (Å²) in [5.74, 6) is -0.796. The number of fused-ring (bicyclic) bond motifs is 5. The summed E-state index contributed by atoms with van der Waals surface area (Å²) in [6.45, 7) is 0. The van der Waals surface area contributed by atoms with Gasteiger partial charge in [-0.3, -0.25) is 19.3 Å². The molecule has 0 radical (unpaired) electrons. The zero-order valence-electron chi connectivity index (χ0n) is 17.6. The predicted molar refractivity (Wildman–Crippen MR) is 117 cm³/mol. The zero-order valence-corrected chi connectivity index (χ0v) is 17.6. The van der Waals surface area contributed by atoms with Gasteiger partial charge in [0.05, 0.1) is 37.1 Å². The monoisotopic (exact) mass is 432 g/mol. The van der Waals surface area contributed by atoms with Crippen molar-refractivity contribution in [2.45, 2.75) is 18.9 Å². The molecule has 1 heterocycles. The molecular weight excluding hydrogens is 408 g/mol. The number of aromatic hydroxyl groups is 1. The average Bonchev–Trinajstić information content (AvgIpc) is 3.48. The van der Waals surface area contributed by atoms with E-state index in [4.69, 9.17) is 4.74 Å². The number of ether oxygens (including phenoxy) is 1. The number of amides is 3. The van der Waals surface area contributed by atoms with E-state index in [1.165, 1.54) is 11.0 Å². The predicted octanol–water partition coefficient (Wildman–Crippen LogP) is 3.28. The topological polar surface area (TPSA) is 95.9 Å². The fraction of sp³-hybridized carbons (Fsp3) is 0.320. The Morgan fingerprint density at radius 2 is 1.78 bits per heavy atom. The molecule has 3 aliphatic rings. The number of anilines is 1. The summed E-state index contributed by atoms with van der Waals surface area (Å²) in [6.07, 6.45) is 4.82. The lowest BCUT2D eigenvalue weighted by atomic mass is 9.85. The summed E-state index contributed by atoms with van der Waals surface area (Å²) < 4.78 is 5.32. The highest BCUT2D eigenvalue weighted by molar-refractivity contribution is 6.07. The maximum atomic E-state index is 13.4. The number of allylic oxidation sites excluding steroid dienone is 2. The Labute approximate surface area is 185 Å². The van der Waals surface area contributed by atoms with Gasteiger partial charge in [0.1, 0.15) is 11.5 Å². The van der Waals surface area contributed by atoms with Gasteiger partial charge in [0.15, 0.2) is 0 Å². The Morgan fingerprint density at radius 3 is 2.44 bits per heavy atom. The Bertz CT molecular complexity index is 1100. The lowest BCUT2D eigenvalue weighted by Crippen LogP contribution is -2.38. The number of carbonyl (C=O) groups is 3. The number of hydrogen-bond acceptors (Lipinski definition) is 5. The largest absolute Gasteiger partial charge is 0.506 e. The number of carbonyl (C=O) groups excluding carboxylic acids is 3. The Balaban J connectivity index is 1.46. The molecule has 164 valence electrons. The van der Waals surface area contributed by atoms with Gasteiger partial charge in [0, 0.05) is 0 Å². The lowest BCUT2D eigenvalue weighted by molar-refractivity contribution is -0.144. The Kier molecular flexibility index (Phi) is 4.96. The number of phenolic OH excluding ortho intramolecular Hbond substituents is 1. The zero-order chi connectivity index (χ0) is 22.4. The summed E-state index contributed by atoms with van der Waals surface area (Å²) in [5.41, 5.74) is 0.929. The van der Waals surface area contributed by atoms with Crippen LogP contribution in [0.5, 0.6) is 11.5 Å². The first kappa shape index (κ1) is 20.3. The van der Waals surface area contributed by atoms with E-state index >= 15 is 0 Å². The molecule has 0 aromatic heterocycles. The van der Waals surface area contributed by atoms with Crippen LogP contribution in [0.4, 0.5) is 5.69 Å². The third-order valence-electron chi connectivity index (χ3n) is 6.85. The molecule has 2 aliphatic carbocycles. The fourth-order valence-corrected chi connectivity index (χ4v) is 5.40. The van der Waals surface area contributed by atoms with Crippen LogP contribution in [0.3, 0.4) is 0 Å². The number of methoxy groups -OCH3 is 1. The smallest absolute Gasteiger partial charge is 0.234 e. The number of nitrogens with one attached hydrogen (secondary N) is 1. The number of benzene rings is 2. The highest BCUT2D eigenvalue weighted by atomic mass is 16.5. The summed E-state index contributed by atoms with van der Waals surface area (Å²) >= 11 is 0. The van der Waals surface area contributed by atoms with Gasteiger partial charge in [-0.05, 0) is 48.1 Å². The van der Waals surface area contributed by atoms with E-state index in [2.05, 4.69) is 5.32 Å². The number of phenols is 1. The molecule has 1 aliphatic heterocycles. The van der Waals surface area contributed by atoms with Crippen molar-refractivity contribution in [2.75, 3.05) is 12.4 Å². The number of para-hydroxylation sites is 2. The van der Waals surface area contributed by atoms with Crippen molar-refractivity contribution in [3.8, 4) is 11.5 Å². The van der Waals surface area contributed by atoms with Crippen molar-refractivity contribution in [2.24, 2.45) is 23.7 Å². The molecule has 2 N–H and O–H groups in total. The van der Waals surface area contributed by atoms with Gasteiger partial charge in [-0.2, -0.15) is 0 Å². The second kappa shape index (κ2) is 7.82. The van der Waals surface area contributed by atoms with E-state index in [-0.39, 0.29) is 53.3 Å². The molecule has 5 atom stereocenters. The minimum Gasteiger partial charge on any atom is -0.506 e. The van der Waals surface area contributed by atoms with Gasteiger partial charge in [-0.15, -0.1) is 0 Å². The highest BCUT2D eigenvalue weighted by Crippen LogP contribution is 2.54. The third-order valence-corrected chi connectivity index (χ3v) is 6.85. The van der Waals surface area contributed by atoms with Crippen molar-refractivity contribution < 1.29 is 24.2 Å². The van der Waals surface area contributed by atoms with E-state index in [9.17, 15) is 19.5 Å². The molecule has 3 amide bonds. The molecule has 5 rings (SSSR count). The van der Waals surface area contributed by atoms with Crippen molar-refractivity contribution in [3.05, 3.63) is 66.2 Å². The van der Waals surface area contributed by atoms with Gasteiger partial charge in [-0.25, -0.2) is 0 Å². The summed E-state index contributed by atoms with van der Waals surface area (Å²) in [4.78, 5) is 41.1. The molecule has 2 aromatic rings. The number of imide groups is 1. The van der Waals surface area contributed by atoms with Crippen LogP contribution in [0.2, 0.25) is 0 Å². The first-order valence-electron chi connectivity index (χ1n) is 10.7. The molecule has 2 aromatic carbocycles. The molecule has 2 fully saturated rings. The quantitative estimate of drug-likeness (QED) is 0.415. The number of nitrogens with zero attached hydrogens (tertiary/aromatic N) is 1. The van der Waals surface area contributed by atoms with E-state index in [0.29, 0.717) is 11.3 Å². The fourth-order valence-electron chi connectivity index (χ4n) is 5.40. The summed E-state index contributed by atoms with van der Waals surface area (Å²) in [6, 6.07) is 12.8. The van der Waals surface area contributed by atoms with E-state index in [1.54, 1.807) is 49.6 Å². The summed E-state index contributed by atoms with van der Waals surface area (Å²) in [5, 5.41) is 12.7. The van der Waals surface area contributed by atoms with Crippen LogP contribution in [0.25, 0.3) is 0 Å². The van der Waals surface area contributed by atoms with Crippen LogP contribution in [-0.2, 0) is 14.4 Å². The molecule has 7 nitrogen and oxygen atoms in total. The highest BCUT2D eigenvalue weighted by Gasteiger charge is 2.60. The van der Waals surface area contributed by atoms with Crippen LogP contribution in [-0.4, -0.2) is 34.8 Å². The van der Waals surface area contributed by atoms with E-state index < -0.39 is 11.9 Å². The van der Waals surface area contributed by atoms with Crippen LogP contribution in [0.1, 0.15) is 24.4 Å². The number of hydrogen-bond donors (Lipinski definition) is 2. The molecule has 7 heteroatoms. The molecule has 32 heavy (non-hydrogen) atoms. The third kappa shape index (κ3) is 3.25. The van der Waals surface area contributed by atoms with Gasteiger partial charge >= 0.3 is 0 Å². The van der Waals surface area contributed by atoms with Gasteiger partial charge in [0.25, 0.3) is 0 Å². The maximum Gasteiger partial charge on any atom is 0.234 e. The Hall–Kier alpha value is -3.61. The van der Waals surface area contributed by atoms with Crippen LogP contribution >= 0.6 is 0 Å². The average molecular weight is 432 g/mol. The SMILES string of the molecule is COc1cccc(C(CC(=O)Nc2ccccc2O)N2C(=O)C3C4C=CC(C4)C3C2=O)c1. The van der Waals surface area contributed by atoms with Gasteiger partial charge in [0.2, 0.25) is 17.7 Å². The summed E-state index contributed by atoms with van der Waals surface area (Å²) in [7, 11) is 1.54. The van der Waals surface area contributed by atoms with Crippen LogP contribution in [0.15, 0.2) is 60.7 Å². The molecule has 1 saturated carbocycles.